The largest absolute Gasteiger partial charge is 0.410 e. The number of nitrogens with one attached hydrogen (secondary N) is 2. The summed E-state index contributed by atoms with van der Waals surface area (Å²) in [5.74, 6) is -0.0249. The lowest BCUT2D eigenvalue weighted by Gasteiger charge is -2.33. The van der Waals surface area contributed by atoms with E-state index in [0.717, 1.165) is 34.5 Å². The van der Waals surface area contributed by atoms with Crippen molar-refractivity contribution in [3.8, 4) is 10.8 Å². The first-order valence-electron chi connectivity index (χ1n) is 8.93. The van der Waals surface area contributed by atoms with Crippen LogP contribution in [0.5, 0.6) is 0 Å². The standard InChI is InChI=1S/C17H19N5O4S2/c1-10-4-6-17(7-5-10)14(24)22(15(25)18-17)21-12(23)9-28-16-20-19-13(26-16)11-3-2-8-27-11/h2-3,8,10H,4-7,9H2,1H3,(H,18,25)(H,21,23). The first-order valence-corrected chi connectivity index (χ1v) is 10.8. The molecule has 1 saturated heterocycles. The third-order valence-electron chi connectivity index (χ3n) is 4.99. The predicted molar refractivity (Wildman–Crippen MR) is 102 cm³/mol. The van der Waals surface area contributed by atoms with E-state index in [1.54, 1.807) is 0 Å². The molecule has 2 fully saturated rings. The Balaban J connectivity index is 1.32. The summed E-state index contributed by atoms with van der Waals surface area (Å²) in [7, 11) is 0. The Morgan fingerprint density at radius 3 is 2.93 bits per heavy atom. The van der Waals surface area contributed by atoms with Gasteiger partial charge in [0.25, 0.3) is 17.0 Å². The lowest BCUT2D eigenvalue weighted by Crippen LogP contribution is -2.51. The molecule has 0 unspecified atom stereocenters. The highest BCUT2D eigenvalue weighted by Crippen LogP contribution is 2.35. The van der Waals surface area contributed by atoms with Gasteiger partial charge in [-0.2, -0.15) is 5.01 Å². The van der Waals surface area contributed by atoms with Gasteiger partial charge in [0.05, 0.1) is 10.6 Å². The number of thioether (sulfide) groups is 1. The Kier molecular flexibility index (Phi) is 5.11. The van der Waals surface area contributed by atoms with Crippen LogP contribution in [0.4, 0.5) is 4.79 Å². The maximum Gasteiger partial charge on any atom is 0.344 e. The van der Waals surface area contributed by atoms with Crippen LogP contribution in [-0.2, 0) is 9.59 Å². The average Bonchev–Trinajstić information content (AvgIpc) is 3.40. The van der Waals surface area contributed by atoms with Gasteiger partial charge in [0.1, 0.15) is 5.54 Å². The molecule has 1 aliphatic heterocycles. The molecule has 1 spiro atoms. The van der Waals surface area contributed by atoms with Crippen LogP contribution in [0.3, 0.4) is 0 Å². The minimum Gasteiger partial charge on any atom is -0.410 e. The van der Waals surface area contributed by atoms with Crippen molar-refractivity contribution >= 4 is 40.9 Å². The second kappa shape index (κ2) is 7.55. The molecule has 0 atom stereocenters. The fourth-order valence-electron chi connectivity index (χ4n) is 3.37. The van der Waals surface area contributed by atoms with Gasteiger partial charge in [-0.3, -0.25) is 15.0 Å². The van der Waals surface area contributed by atoms with E-state index in [0.29, 0.717) is 24.7 Å². The van der Waals surface area contributed by atoms with E-state index in [2.05, 4.69) is 27.9 Å². The lowest BCUT2D eigenvalue weighted by atomic mass is 9.77. The Morgan fingerprint density at radius 1 is 1.43 bits per heavy atom. The summed E-state index contributed by atoms with van der Waals surface area (Å²) in [6.45, 7) is 2.13. The van der Waals surface area contributed by atoms with Gasteiger partial charge in [0, 0.05) is 0 Å². The fraction of sp³-hybridized carbons (Fsp3) is 0.471. The number of carbonyl (C=O) groups excluding carboxylic acids is 3. The molecular formula is C17H19N5O4S2. The summed E-state index contributed by atoms with van der Waals surface area (Å²) in [5.41, 5.74) is 1.51. The molecule has 9 nitrogen and oxygen atoms in total. The van der Waals surface area contributed by atoms with E-state index < -0.39 is 17.5 Å². The Labute approximate surface area is 169 Å². The molecule has 148 valence electrons. The van der Waals surface area contributed by atoms with Crippen LogP contribution < -0.4 is 10.7 Å². The van der Waals surface area contributed by atoms with E-state index in [1.807, 2.05) is 17.5 Å². The highest BCUT2D eigenvalue weighted by Gasteiger charge is 2.52. The fourth-order valence-corrected chi connectivity index (χ4v) is 4.57. The molecule has 0 bridgehead atoms. The third kappa shape index (κ3) is 3.63. The number of urea groups is 1. The number of amides is 4. The second-order valence-electron chi connectivity index (χ2n) is 7.01. The predicted octanol–water partition coefficient (Wildman–Crippen LogP) is 2.42. The smallest absolute Gasteiger partial charge is 0.344 e. The van der Waals surface area contributed by atoms with Crippen molar-refractivity contribution in [2.75, 3.05) is 5.75 Å². The molecule has 1 aliphatic carbocycles. The summed E-state index contributed by atoms with van der Waals surface area (Å²) in [5, 5.41) is 13.5. The second-order valence-corrected chi connectivity index (χ2v) is 8.88. The van der Waals surface area contributed by atoms with Crippen LogP contribution in [0.2, 0.25) is 0 Å². The van der Waals surface area contributed by atoms with E-state index in [9.17, 15) is 14.4 Å². The zero-order valence-electron chi connectivity index (χ0n) is 15.1. The molecule has 2 aromatic heterocycles. The van der Waals surface area contributed by atoms with Crippen molar-refractivity contribution < 1.29 is 18.8 Å². The van der Waals surface area contributed by atoms with Crippen molar-refractivity contribution in [2.45, 2.75) is 43.4 Å². The molecule has 2 N–H and O–H groups in total. The summed E-state index contributed by atoms with van der Waals surface area (Å²) >= 11 is 2.52. The SMILES string of the molecule is CC1CCC2(CC1)NC(=O)N(NC(=O)CSc1nnc(-c3cccs3)o1)C2=O. The normalized spacial score (nSPS) is 24.6. The number of hydrazine groups is 1. The van der Waals surface area contributed by atoms with Crippen LogP contribution >= 0.6 is 23.1 Å². The molecule has 28 heavy (non-hydrogen) atoms. The Hall–Kier alpha value is -2.40. The molecule has 1 saturated carbocycles. The Bertz CT molecular complexity index is 889. The lowest BCUT2D eigenvalue weighted by molar-refractivity contribution is -0.139. The van der Waals surface area contributed by atoms with Gasteiger partial charge in [-0.1, -0.05) is 24.8 Å². The van der Waals surface area contributed by atoms with E-state index in [4.69, 9.17) is 4.42 Å². The number of nitrogens with zero attached hydrogens (tertiary/aromatic N) is 3. The summed E-state index contributed by atoms with van der Waals surface area (Å²) < 4.78 is 5.50. The van der Waals surface area contributed by atoms with Gasteiger partial charge in [-0.15, -0.1) is 21.5 Å². The van der Waals surface area contributed by atoms with Crippen LogP contribution in [0.25, 0.3) is 10.8 Å². The van der Waals surface area contributed by atoms with Crippen molar-refractivity contribution in [1.29, 1.82) is 0 Å². The highest BCUT2D eigenvalue weighted by molar-refractivity contribution is 7.99. The zero-order chi connectivity index (χ0) is 19.7. The molecule has 3 heterocycles. The van der Waals surface area contributed by atoms with Crippen molar-refractivity contribution in [1.82, 2.24) is 25.9 Å². The van der Waals surface area contributed by atoms with Crippen LogP contribution in [0.15, 0.2) is 27.2 Å². The number of aromatic nitrogens is 2. The molecule has 4 amide bonds. The van der Waals surface area contributed by atoms with Crippen LogP contribution in [-0.4, -0.2) is 44.3 Å². The summed E-state index contributed by atoms with van der Waals surface area (Å²) in [4.78, 5) is 38.0. The molecule has 2 aliphatic rings. The third-order valence-corrected chi connectivity index (χ3v) is 6.67. The number of hydrogen-bond acceptors (Lipinski definition) is 8. The minimum atomic E-state index is -0.883. The van der Waals surface area contributed by atoms with Crippen molar-refractivity contribution in [3.63, 3.8) is 0 Å². The van der Waals surface area contributed by atoms with Gasteiger partial charge in [-0.05, 0) is 43.0 Å². The molecule has 4 rings (SSSR count). The first-order chi connectivity index (χ1) is 13.5. The molecule has 2 aromatic rings. The number of thiophene rings is 1. The van der Waals surface area contributed by atoms with E-state index >= 15 is 0 Å². The number of hydrogen-bond donors (Lipinski definition) is 2. The van der Waals surface area contributed by atoms with Crippen molar-refractivity contribution in [2.24, 2.45) is 5.92 Å². The quantitative estimate of drug-likeness (QED) is 0.562. The monoisotopic (exact) mass is 421 g/mol. The van der Waals surface area contributed by atoms with Crippen LogP contribution in [0, 0.1) is 5.92 Å². The van der Waals surface area contributed by atoms with Gasteiger partial charge in [0.15, 0.2) is 0 Å². The highest BCUT2D eigenvalue weighted by atomic mass is 32.2. The first kappa shape index (κ1) is 18.9. The minimum absolute atomic E-state index is 0.0623. The Morgan fingerprint density at radius 2 is 2.21 bits per heavy atom. The van der Waals surface area contributed by atoms with Gasteiger partial charge < -0.3 is 9.73 Å². The molecule has 0 radical (unpaired) electrons. The number of rotatable bonds is 5. The molecule has 0 aromatic carbocycles. The number of carbonyl (C=O) groups is 3. The van der Waals surface area contributed by atoms with E-state index in [1.165, 1.54) is 11.3 Å². The molecule has 11 heteroatoms. The van der Waals surface area contributed by atoms with Gasteiger partial charge in [-0.25, -0.2) is 4.79 Å². The average molecular weight is 422 g/mol. The summed E-state index contributed by atoms with van der Waals surface area (Å²) in [6.07, 6.45) is 2.92. The van der Waals surface area contributed by atoms with Crippen LogP contribution in [0.1, 0.15) is 32.6 Å². The number of imide groups is 1. The van der Waals surface area contributed by atoms with Gasteiger partial charge >= 0.3 is 6.03 Å². The maximum atomic E-state index is 12.7. The zero-order valence-corrected chi connectivity index (χ0v) is 16.8. The van der Waals surface area contributed by atoms with Gasteiger partial charge in [0.2, 0.25) is 5.91 Å². The van der Waals surface area contributed by atoms with Crippen molar-refractivity contribution in [3.05, 3.63) is 17.5 Å². The molecular weight excluding hydrogens is 402 g/mol. The topological polar surface area (TPSA) is 117 Å². The summed E-state index contributed by atoms with van der Waals surface area (Å²) in [6, 6.07) is 3.15. The maximum absolute atomic E-state index is 12.7. The van der Waals surface area contributed by atoms with E-state index in [-0.39, 0.29) is 16.9 Å².